The number of hydrogen-bond donors (Lipinski definition) is 2. The minimum Gasteiger partial charge on any atom is -0.480 e. The van der Waals surface area contributed by atoms with Gasteiger partial charge in [0.15, 0.2) is 0 Å². The Morgan fingerprint density at radius 1 is 1.08 bits per heavy atom. The third-order valence-electron chi connectivity index (χ3n) is 6.60. The smallest absolute Gasteiger partial charge is 0.326 e. The Kier molecular flexibility index (Phi) is 10.9. The lowest BCUT2D eigenvalue weighted by Gasteiger charge is -2.40. The molecule has 1 amide bonds. The number of carboxylic acids is 1. The summed E-state index contributed by atoms with van der Waals surface area (Å²) in [6.45, 7) is 3.68. The zero-order valence-corrected chi connectivity index (χ0v) is 22.5. The van der Waals surface area contributed by atoms with Gasteiger partial charge in [-0.05, 0) is 55.7 Å². The van der Waals surface area contributed by atoms with Gasteiger partial charge >= 0.3 is 5.97 Å². The molecule has 4 atom stereocenters. The second-order valence-electron chi connectivity index (χ2n) is 9.28. The largest absolute Gasteiger partial charge is 0.480 e. The van der Waals surface area contributed by atoms with Crippen molar-refractivity contribution in [3.8, 4) is 0 Å². The maximum Gasteiger partial charge on any atom is 0.326 e. The zero-order chi connectivity index (χ0) is 26.1. The molecule has 0 bridgehead atoms. The number of carboxylic acid groups (broad SMARTS) is 1. The second kappa shape index (κ2) is 13.9. The molecule has 0 spiro atoms. The van der Waals surface area contributed by atoms with Crippen molar-refractivity contribution in [1.82, 2.24) is 4.90 Å². The van der Waals surface area contributed by atoms with E-state index in [0.717, 1.165) is 24.8 Å². The van der Waals surface area contributed by atoms with Gasteiger partial charge in [0.1, 0.15) is 11.8 Å². The van der Waals surface area contributed by atoms with Crippen LogP contribution in [0.2, 0.25) is 0 Å². The molecule has 0 aromatic heterocycles. The molecule has 1 saturated heterocycles. The van der Waals surface area contributed by atoms with Gasteiger partial charge in [0, 0.05) is 11.7 Å². The van der Waals surface area contributed by atoms with E-state index in [1.54, 1.807) is 33.4 Å². The van der Waals surface area contributed by atoms with Crippen LogP contribution < -0.4 is 0 Å². The molecule has 2 aliphatic heterocycles. The summed E-state index contributed by atoms with van der Waals surface area (Å²) in [5.74, 6) is -0.184. The average molecular weight is 530 g/mol. The van der Waals surface area contributed by atoms with Gasteiger partial charge in [-0.1, -0.05) is 83.1 Å². The quantitative estimate of drug-likeness (QED) is 0.369. The molecule has 0 saturated carbocycles. The third kappa shape index (κ3) is 7.37. The fourth-order valence-corrected chi connectivity index (χ4v) is 7.16. The van der Waals surface area contributed by atoms with Gasteiger partial charge in [-0.25, -0.2) is 4.79 Å². The lowest BCUT2D eigenvalue weighted by atomic mass is 9.89. The van der Waals surface area contributed by atoms with E-state index in [1.807, 2.05) is 55.5 Å². The van der Waals surface area contributed by atoms with E-state index >= 15 is 0 Å². The number of benzene rings is 2. The number of nitrogens with zero attached hydrogens (tertiary/aromatic N) is 1. The van der Waals surface area contributed by atoms with Gasteiger partial charge < -0.3 is 15.1 Å². The Morgan fingerprint density at radius 3 is 2.44 bits per heavy atom. The number of Topliss-reactive ketones (excluding diaryl/α,β-unsaturated/α-hetero) is 1. The molecule has 0 aliphatic carbocycles. The molecule has 2 aromatic rings. The molecule has 36 heavy (non-hydrogen) atoms. The number of carbonyl (C=O) groups is 3. The molecule has 2 N–H and O–H groups in total. The summed E-state index contributed by atoms with van der Waals surface area (Å²) in [4.78, 5) is 37.2. The second-order valence-corrected chi connectivity index (χ2v) is 12.0. The number of aliphatic hydroxyl groups is 1. The molecular formula is C28H35NO5S2. The van der Waals surface area contributed by atoms with Crippen LogP contribution in [0.3, 0.4) is 0 Å². The maximum absolute atomic E-state index is 12.6. The molecule has 4 rings (SSSR count). The van der Waals surface area contributed by atoms with Gasteiger partial charge in [-0.3, -0.25) is 9.59 Å². The molecule has 194 valence electrons. The number of ketones is 1. The average Bonchev–Trinajstić information content (AvgIpc) is 2.98. The van der Waals surface area contributed by atoms with Crippen LogP contribution in [0.25, 0.3) is 0 Å². The fourth-order valence-electron chi connectivity index (χ4n) is 4.81. The van der Waals surface area contributed by atoms with Crippen molar-refractivity contribution in [3.63, 3.8) is 0 Å². The minimum atomic E-state index is -0.880. The molecule has 2 heterocycles. The Hall–Kier alpha value is -2.29. The SMILES string of the molecule is CC(=O)[C@H](Cc1ccccc1)SSCCO.CC1Cc2ccccc2C2CCCC(C(=O)O)N2C1=O. The van der Waals surface area contributed by atoms with Crippen LogP contribution in [0.5, 0.6) is 0 Å². The van der Waals surface area contributed by atoms with Crippen LogP contribution in [-0.2, 0) is 27.2 Å². The fraction of sp³-hybridized carbons (Fsp3) is 0.464. The van der Waals surface area contributed by atoms with Crippen molar-refractivity contribution < 1.29 is 24.6 Å². The predicted molar refractivity (Wildman–Crippen MR) is 146 cm³/mol. The maximum atomic E-state index is 12.6. The van der Waals surface area contributed by atoms with Crippen molar-refractivity contribution in [2.75, 3.05) is 12.4 Å². The topological polar surface area (TPSA) is 94.9 Å². The van der Waals surface area contributed by atoms with Crippen molar-refractivity contribution in [1.29, 1.82) is 0 Å². The van der Waals surface area contributed by atoms with Crippen molar-refractivity contribution in [3.05, 3.63) is 71.3 Å². The summed E-state index contributed by atoms with van der Waals surface area (Å²) in [7, 11) is 3.11. The first kappa shape index (κ1) is 28.3. The van der Waals surface area contributed by atoms with E-state index in [9.17, 15) is 19.5 Å². The van der Waals surface area contributed by atoms with Crippen LogP contribution in [0.1, 0.15) is 55.8 Å². The number of aliphatic hydroxyl groups excluding tert-OH is 1. The lowest BCUT2D eigenvalue weighted by molar-refractivity contribution is -0.156. The van der Waals surface area contributed by atoms with Crippen LogP contribution in [0.4, 0.5) is 0 Å². The van der Waals surface area contributed by atoms with Gasteiger partial charge in [0.25, 0.3) is 0 Å². The summed E-state index contributed by atoms with van der Waals surface area (Å²) in [6, 6.07) is 17.3. The first-order chi connectivity index (χ1) is 17.3. The zero-order valence-electron chi connectivity index (χ0n) is 20.8. The number of hydrogen-bond acceptors (Lipinski definition) is 6. The molecule has 2 aromatic carbocycles. The van der Waals surface area contributed by atoms with Crippen LogP contribution in [0, 0.1) is 5.92 Å². The highest BCUT2D eigenvalue weighted by Crippen LogP contribution is 2.40. The van der Waals surface area contributed by atoms with E-state index in [2.05, 4.69) is 6.07 Å². The number of carbonyl (C=O) groups excluding carboxylic acids is 2. The van der Waals surface area contributed by atoms with Crippen LogP contribution in [-0.4, -0.2) is 56.4 Å². The van der Waals surface area contributed by atoms with Gasteiger partial charge in [0.2, 0.25) is 5.91 Å². The normalized spacial score (nSPS) is 21.8. The van der Waals surface area contributed by atoms with E-state index in [4.69, 9.17) is 5.11 Å². The molecular weight excluding hydrogens is 494 g/mol. The Balaban J connectivity index is 0.000000207. The van der Waals surface area contributed by atoms with E-state index in [0.29, 0.717) is 18.6 Å². The number of fused-ring (bicyclic) bond motifs is 3. The molecule has 8 heteroatoms. The first-order valence-electron chi connectivity index (χ1n) is 12.4. The number of rotatable bonds is 8. The standard InChI is InChI=1S/C16H19NO3.C12H16O2S2/c1-10-9-11-5-2-3-6-12(11)13-7-4-8-14(16(19)20)17(13)15(10)18;1-10(14)12(16-15-8-7-13)9-11-5-3-2-4-6-11/h2-3,5-6,10,13-14H,4,7-9H2,1H3,(H,19,20);2-6,12-13H,7-9H2,1H3/t;12-/m.0/s1. The molecule has 1 fully saturated rings. The Morgan fingerprint density at radius 2 is 1.78 bits per heavy atom. The molecule has 6 nitrogen and oxygen atoms in total. The van der Waals surface area contributed by atoms with Crippen molar-refractivity contribution in [2.24, 2.45) is 5.92 Å². The Labute approximate surface area is 221 Å². The summed E-state index contributed by atoms with van der Waals surface area (Å²) < 4.78 is 0. The predicted octanol–water partition coefficient (Wildman–Crippen LogP) is 4.95. The molecule has 2 aliphatic rings. The molecule has 3 unspecified atom stereocenters. The highest BCUT2D eigenvalue weighted by atomic mass is 33.1. The highest BCUT2D eigenvalue weighted by Gasteiger charge is 2.42. The lowest BCUT2D eigenvalue weighted by Crippen LogP contribution is -2.50. The highest BCUT2D eigenvalue weighted by molar-refractivity contribution is 8.77. The Bertz CT molecular complexity index is 1030. The van der Waals surface area contributed by atoms with Crippen LogP contribution >= 0.6 is 21.6 Å². The first-order valence-corrected chi connectivity index (χ1v) is 14.8. The summed E-state index contributed by atoms with van der Waals surface area (Å²) >= 11 is 0. The summed E-state index contributed by atoms with van der Waals surface area (Å²) in [5.41, 5.74) is 3.50. The number of piperidine rings is 1. The summed E-state index contributed by atoms with van der Waals surface area (Å²) in [6.07, 6.45) is 3.74. The number of amides is 1. The van der Waals surface area contributed by atoms with Crippen molar-refractivity contribution in [2.45, 2.75) is 63.3 Å². The van der Waals surface area contributed by atoms with Gasteiger partial charge in [-0.2, -0.15) is 0 Å². The minimum absolute atomic E-state index is 0.0149. The monoisotopic (exact) mass is 529 g/mol. The van der Waals surface area contributed by atoms with E-state index in [-0.39, 0.29) is 35.5 Å². The van der Waals surface area contributed by atoms with Gasteiger partial charge in [0.05, 0.1) is 17.9 Å². The molecule has 0 radical (unpaired) electrons. The van der Waals surface area contributed by atoms with Crippen LogP contribution in [0.15, 0.2) is 54.6 Å². The van der Waals surface area contributed by atoms with Gasteiger partial charge in [-0.15, -0.1) is 0 Å². The summed E-state index contributed by atoms with van der Waals surface area (Å²) in [5, 5.41) is 18.1. The van der Waals surface area contributed by atoms with Crippen molar-refractivity contribution >= 4 is 39.2 Å². The third-order valence-corrected chi connectivity index (χ3v) is 9.43. The number of aliphatic carboxylic acids is 1. The van der Waals surface area contributed by atoms with E-state index in [1.165, 1.54) is 11.1 Å². The van der Waals surface area contributed by atoms with E-state index < -0.39 is 12.0 Å².